The fraction of sp³-hybridized carbons (Fsp3) is 0.750. The van der Waals surface area contributed by atoms with Gasteiger partial charge in [-0.3, -0.25) is 0 Å². The van der Waals surface area contributed by atoms with Gasteiger partial charge in [0.25, 0.3) is 0 Å². The molecule has 1 aromatic rings. The van der Waals surface area contributed by atoms with Crippen molar-refractivity contribution in [3.05, 3.63) is 23.2 Å². The maximum absolute atomic E-state index is 5.99. The fourth-order valence-electron chi connectivity index (χ4n) is 3.56. The van der Waals surface area contributed by atoms with Gasteiger partial charge in [0.05, 0.1) is 12.2 Å². The van der Waals surface area contributed by atoms with Crippen LogP contribution < -0.4 is 5.32 Å². The molecule has 3 heterocycles. The molecule has 2 fully saturated rings. The molecule has 2 aliphatic heterocycles. The van der Waals surface area contributed by atoms with Gasteiger partial charge in [-0.1, -0.05) is 0 Å². The SMILES string of the molecule is Cc1cc(C(C)NC2CCOC3(CCOC3)C2)c(C)o1. The smallest absolute Gasteiger partial charge is 0.105 e. The number of hydrogen-bond donors (Lipinski definition) is 1. The second-order valence-electron chi connectivity index (χ2n) is 6.28. The fourth-order valence-corrected chi connectivity index (χ4v) is 3.56. The number of ether oxygens (including phenoxy) is 2. The van der Waals surface area contributed by atoms with Crippen LogP contribution in [0.2, 0.25) is 0 Å². The van der Waals surface area contributed by atoms with Crippen molar-refractivity contribution in [3.63, 3.8) is 0 Å². The number of nitrogens with one attached hydrogen (secondary N) is 1. The molecule has 4 nitrogen and oxygen atoms in total. The Labute approximate surface area is 120 Å². The van der Waals surface area contributed by atoms with Gasteiger partial charge >= 0.3 is 0 Å². The van der Waals surface area contributed by atoms with Crippen molar-refractivity contribution < 1.29 is 13.9 Å². The molecule has 0 aromatic carbocycles. The third-order valence-corrected chi connectivity index (χ3v) is 4.59. The Kier molecular flexibility index (Phi) is 3.89. The molecule has 0 bridgehead atoms. The minimum absolute atomic E-state index is 0.0308. The minimum Gasteiger partial charge on any atom is -0.466 e. The van der Waals surface area contributed by atoms with Gasteiger partial charge in [-0.25, -0.2) is 0 Å². The quantitative estimate of drug-likeness (QED) is 0.924. The molecule has 0 amide bonds. The van der Waals surface area contributed by atoms with Crippen molar-refractivity contribution in [2.24, 2.45) is 0 Å². The highest BCUT2D eigenvalue weighted by atomic mass is 16.6. The van der Waals surface area contributed by atoms with E-state index in [4.69, 9.17) is 13.9 Å². The summed E-state index contributed by atoms with van der Waals surface area (Å²) in [5.74, 6) is 2.01. The summed E-state index contributed by atoms with van der Waals surface area (Å²) < 4.78 is 17.2. The molecule has 1 N–H and O–H groups in total. The Morgan fingerprint density at radius 2 is 2.20 bits per heavy atom. The third-order valence-electron chi connectivity index (χ3n) is 4.59. The lowest BCUT2D eigenvalue weighted by Crippen LogP contribution is -2.48. The predicted octanol–water partition coefficient (Wildman–Crippen LogP) is 2.89. The minimum atomic E-state index is -0.0308. The third kappa shape index (κ3) is 2.78. The molecule has 3 rings (SSSR count). The maximum atomic E-state index is 5.99. The molecular formula is C16H25NO3. The molecule has 3 atom stereocenters. The molecule has 0 radical (unpaired) electrons. The number of furan rings is 1. The highest BCUT2D eigenvalue weighted by Crippen LogP contribution is 2.34. The van der Waals surface area contributed by atoms with Gasteiger partial charge in [-0.15, -0.1) is 0 Å². The van der Waals surface area contributed by atoms with E-state index >= 15 is 0 Å². The van der Waals surface area contributed by atoms with E-state index < -0.39 is 0 Å². The van der Waals surface area contributed by atoms with E-state index in [-0.39, 0.29) is 5.60 Å². The van der Waals surface area contributed by atoms with E-state index in [0.717, 1.165) is 50.6 Å². The first kappa shape index (κ1) is 14.1. The number of hydrogen-bond acceptors (Lipinski definition) is 4. The zero-order chi connectivity index (χ0) is 14.2. The molecule has 3 unspecified atom stereocenters. The highest BCUT2D eigenvalue weighted by molar-refractivity contribution is 5.23. The van der Waals surface area contributed by atoms with Crippen LogP contribution in [0.1, 0.15) is 49.3 Å². The van der Waals surface area contributed by atoms with Crippen molar-refractivity contribution in [1.82, 2.24) is 5.32 Å². The van der Waals surface area contributed by atoms with Gasteiger partial charge in [0, 0.05) is 37.3 Å². The predicted molar refractivity (Wildman–Crippen MR) is 76.9 cm³/mol. The van der Waals surface area contributed by atoms with E-state index in [2.05, 4.69) is 18.3 Å². The topological polar surface area (TPSA) is 43.6 Å². The van der Waals surface area contributed by atoms with Crippen LogP contribution in [0, 0.1) is 13.8 Å². The lowest BCUT2D eigenvalue weighted by Gasteiger charge is -2.38. The zero-order valence-corrected chi connectivity index (χ0v) is 12.7. The van der Waals surface area contributed by atoms with Gasteiger partial charge in [0.1, 0.15) is 11.5 Å². The van der Waals surface area contributed by atoms with Crippen molar-refractivity contribution in [2.75, 3.05) is 19.8 Å². The number of aryl methyl sites for hydroxylation is 2. The van der Waals surface area contributed by atoms with E-state index in [0.29, 0.717) is 12.1 Å². The van der Waals surface area contributed by atoms with Crippen molar-refractivity contribution in [1.29, 1.82) is 0 Å². The van der Waals surface area contributed by atoms with E-state index in [1.54, 1.807) is 0 Å². The Morgan fingerprint density at radius 1 is 1.35 bits per heavy atom. The van der Waals surface area contributed by atoms with E-state index in [1.807, 2.05) is 13.8 Å². The molecule has 2 aliphatic rings. The molecule has 112 valence electrons. The Bertz CT molecular complexity index is 462. The second kappa shape index (κ2) is 5.51. The van der Waals surface area contributed by atoms with Crippen LogP contribution in [0.15, 0.2) is 10.5 Å². The summed E-state index contributed by atoms with van der Waals surface area (Å²) in [6, 6.07) is 2.95. The highest BCUT2D eigenvalue weighted by Gasteiger charge is 2.41. The molecular weight excluding hydrogens is 254 g/mol. The Hall–Kier alpha value is -0.840. The first-order valence-corrected chi connectivity index (χ1v) is 7.63. The van der Waals surface area contributed by atoms with Crippen LogP contribution in [0.25, 0.3) is 0 Å². The summed E-state index contributed by atoms with van der Waals surface area (Å²) in [4.78, 5) is 0. The molecule has 4 heteroatoms. The van der Waals surface area contributed by atoms with Gasteiger partial charge in [0.2, 0.25) is 0 Å². The average molecular weight is 279 g/mol. The summed E-state index contributed by atoms with van der Waals surface area (Å²) in [6.07, 6.45) is 3.15. The molecule has 1 spiro atoms. The Balaban J connectivity index is 1.63. The summed E-state index contributed by atoms with van der Waals surface area (Å²) in [5, 5.41) is 3.74. The van der Waals surface area contributed by atoms with Crippen LogP contribution in [0.5, 0.6) is 0 Å². The van der Waals surface area contributed by atoms with Crippen molar-refractivity contribution in [2.45, 2.75) is 57.7 Å². The standard InChI is InChI=1S/C16H25NO3/c1-11-8-15(13(3)20-11)12(2)17-14-4-6-19-16(9-14)5-7-18-10-16/h8,12,14,17H,4-7,9-10H2,1-3H3. The van der Waals surface area contributed by atoms with Gasteiger partial charge in [0.15, 0.2) is 0 Å². The first-order chi connectivity index (χ1) is 9.58. The van der Waals surface area contributed by atoms with Crippen LogP contribution in [0.3, 0.4) is 0 Å². The van der Waals surface area contributed by atoms with Gasteiger partial charge < -0.3 is 19.2 Å². The molecule has 2 saturated heterocycles. The lowest BCUT2D eigenvalue weighted by atomic mass is 9.89. The van der Waals surface area contributed by atoms with Crippen LogP contribution >= 0.6 is 0 Å². The molecule has 0 saturated carbocycles. The Morgan fingerprint density at radius 3 is 2.85 bits per heavy atom. The zero-order valence-electron chi connectivity index (χ0n) is 12.7. The van der Waals surface area contributed by atoms with Crippen molar-refractivity contribution in [3.8, 4) is 0 Å². The maximum Gasteiger partial charge on any atom is 0.105 e. The average Bonchev–Trinajstić information content (AvgIpc) is 2.96. The summed E-state index contributed by atoms with van der Waals surface area (Å²) in [7, 11) is 0. The summed E-state index contributed by atoms with van der Waals surface area (Å²) >= 11 is 0. The van der Waals surface area contributed by atoms with E-state index in [1.165, 1.54) is 5.56 Å². The molecule has 0 aliphatic carbocycles. The molecule has 20 heavy (non-hydrogen) atoms. The summed E-state index contributed by atoms with van der Waals surface area (Å²) in [6.45, 7) is 8.67. The monoisotopic (exact) mass is 279 g/mol. The summed E-state index contributed by atoms with van der Waals surface area (Å²) in [5.41, 5.74) is 1.24. The van der Waals surface area contributed by atoms with E-state index in [9.17, 15) is 0 Å². The molecule has 1 aromatic heterocycles. The van der Waals surface area contributed by atoms with Crippen LogP contribution in [-0.4, -0.2) is 31.5 Å². The normalized spacial score (nSPS) is 31.9. The second-order valence-corrected chi connectivity index (χ2v) is 6.28. The number of rotatable bonds is 3. The first-order valence-electron chi connectivity index (χ1n) is 7.63. The van der Waals surface area contributed by atoms with Gasteiger partial charge in [-0.05, 0) is 39.7 Å². The lowest BCUT2D eigenvalue weighted by molar-refractivity contribution is -0.0902. The largest absolute Gasteiger partial charge is 0.466 e. The van der Waals surface area contributed by atoms with Crippen LogP contribution in [0.4, 0.5) is 0 Å². The van der Waals surface area contributed by atoms with Crippen LogP contribution in [-0.2, 0) is 9.47 Å². The van der Waals surface area contributed by atoms with Crippen molar-refractivity contribution >= 4 is 0 Å². The van der Waals surface area contributed by atoms with Gasteiger partial charge in [-0.2, -0.15) is 0 Å².